The molecule has 0 unspecified atom stereocenters. The Balaban J connectivity index is 1.66. The molecule has 0 bridgehead atoms. The van der Waals surface area contributed by atoms with Crippen molar-refractivity contribution in [3.05, 3.63) is 34.9 Å². The zero-order valence-corrected chi connectivity index (χ0v) is 16.2. The van der Waals surface area contributed by atoms with Gasteiger partial charge in [0.25, 0.3) is 11.8 Å². The molecular weight excluding hydrogens is 370 g/mol. The summed E-state index contributed by atoms with van der Waals surface area (Å²) in [6.45, 7) is 6.09. The van der Waals surface area contributed by atoms with E-state index in [0.717, 1.165) is 19.5 Å². The molecule has 8 nitrogen and oxygen atoms in total. The smallest absolute Gasteiger partial charge is 0.271 e. The van der Waals surface area contributed by atoms with Crippen LogP contribution in [0, 0.1) is 0 Å². The highest BCUT2D eigenvalue weighted by Crippen LogP contribution is 2.14. The number of carbonyl (C=O) groups is 3. The van der Waals surface area contributed by atoms with Crippen molar-refractivity contribution in [3.8, 4) is 0 Å². The fourth-order valence-electron chi connectivity index (χ4n) is 2.71. The lowest BCUT2D eigenvalue weighted by Gasteiger charge is -2.33. The molecular formula is C18H26ClN5O3. The molecule has 9 heteroatoms. The van der Waals surface area contributed by atoms with Crippen molar-refractivity contribution in [3.63, 3.8) is 0 Å². The van der Waals surface area contributed by atoms with Crippen LogP contribution >= 0.6 is 11.6 Å². The summed E-state index contributed by atoms with van der Waals surface area (Å²) in [6, 6.07) is 6.62. The number of hydrazine groups is 1. The van der Waals surface area contributed by atoms with Crippen molar-refractivity contribution in [2.24, 2.45) is 0 Å². The number of rotatable bonds is 7. The minimum absolute atomic E-state index is 0.0327. The third-order valence-corrected chi connectivity index (χ3v) is 4.54. The zero-order valence-electron chi connectivity index (χ0n) is 15.5. The van der Waals surface area contributed by atoms with Gasteiger partial charge in [0.15, 0.2) is 0 Å². The third-order valence-electron chi connectivity index (χ3n) is 4.21. The van der Waals surface area contributed by atoms with E-state index in [0.29, 0.717) is 36.8 Å². The van der Waals surface area contributed by atoms with Crippen molar-refractivity contribution in [2.45, 2.75) is 13.3 Å². The molecule has 2 rings (SSSR count). The zero-order chi connectivity index (χ0) is 19.6. The number of amides is 3. The van der Waals surface area contributed by atoms with Gasteiger partial charge in [-0.3, -0.25) is 35.0 Å². The first-order valence-electron chi connectivity index (χ1n) is 9.04. The molecule has 1 fully saturated rings. The number of nitrogens with zero attached hydrogens (tertiary/aromatic N) is 2. The van der Waals surface area contributed by atoms with Crippen LogP contribution in [0.1, 0.15) is 23.7 Å². The Labute approximate surface area is 164 Å². The van der Waals surface area contributed by atoms with Crippen LogP contribution in [0.4, 0.5) is 0 Å². The van der Waals surface area contributed by atoms with Gasteiger partial charge in [-0.2, -0.15) is 0 Å². The Morgan fingerprint density at radius 2 is 1.56 bits per heavy atom. The predicted molar refractivity (Wildman–Crippen MR) is 103 cm³/mol. The van der Waals surface area contributed by atoms with Gasteiger partial charge in [-0.05, 0) is 18.6 Å². The second kappa shape index (κ2) is 10.9. The summed E-state index contributed by atoms with van der Waals surface area (Å²) < 4.78 is 0. The Bertz CT molecular complexity index is 662. The summed E-state index contributed by atoms with van der Waals surface area (Å²) in [5.74, 6) is -0.730. The molecule has 1 aliphatic rings. The minimum Gasteiger partial charge on any atom is -0.355 e. The van der Waals surface area contributed by atoms with E-state index >= 15 is 0 Å². The lowest BCUT2D eigenvalue weighted by Crippen LogP contribution is -2.53. The van der Waals surface area contributed by atoms with Crippen molar-refractivity contribution < 1.29 is 14.4 Å². The highest BCUT2D eigenvalue weighted by atomic mass is 35.5. The molecule has 1 aromatic carbocycles. The molecule has 0 radical (unpaired) electrons. The molecule has 3 amide bonds. The van der Waals surface area contributed by atoms with Gasteiger partial charge < -0.3 is 5.32 Å². The Hall–Kier alpha value is -2.16. The van der Waals surface area contributed by atoms with Crippen LogP contribution in [0.3, 0.4) is 0 Å². The number of halogens is 1. The maximum Gasteiger partial charge on any atom is 0.271 e. The van der Waals surface area contributed by atoms with Crippen LogP contribution in [0.5, 0.6) is 0 Å². The lowest BCUT2D eigenvalue weighted by molar-refractivity contribution is -0.125. The summed E-state index contributed by atoms with van der Waals surface area (Å²) in [7, 11) is 0. The number of benzene rings is 1. The van der Waals surface area contributed by atoms with Gasteiger partial charge >= 0.3 is 0 Å². The number of piperazine rings is 1. The van der Waals surface area contributed by atoms with Crippen LogP contribution in [-0.2, 0) is 9.59 Å². The van der Waals surface area contributed by atoms with E-state index in [1.807, 2.05) is 11.8 Å². The van der Waals surface area contributed by atoms with Crippen LogP contribution in [0.15, 0.2) is 24.3 Å². The number of nitrogens with one attached hydrogen (secondary N) is 3. The second-order valence-corrected chi connectivity index (χ2v) is 6.79. The first-order chi connectivity index (χ1) is 13.0. The molecule has 0 aliphatic carbocycles. The molecule has 0 atom stereocenters. The standard InChI is InChI=1S/C18H26ClN5O3/c1-2-7-20-16(25)12-23-8-10-24(11-9-23)13-17(26)21-22-18(27)14-5-3-4-6-15(14)19/h3-6H,2,7-13H2,1H3,(H,20,25)(H,21,26)(H,22,27). The van der Waals surface area contributed by atoms with E-state index < -0.39 is 5.91 Å². The topological polar surface area (TPSA) is 93.8 Å². The second-order valence-electron chi connectivity index (χ2n) is 6.38. The Morgan fingerprint density at radius 1 is 0.963 bits per heavy atom. The Morgan fingerprint density at radius 3 is 2.15 bits per heavy atom. The molecule has 1 saturated heterocycles. The minimum atomic E-state index is -0.461. The number of hydrogen-bond acceptors (Lipinski definition) is 5. The molecule has 0 spiro atoms. The molecule has 27 heavy (non-hydrogen) atoms. The van der Waals surface area contributed by atoms with Crippen molar-refractivity contribution in [2.75, 3.05) is 45.8 Å². The monoisotopic (exact) mass is 395 g/mol. The lowest BCUT2D eigenvalue weighted by atomic mass is 10.2. The number of hydrogen-bond donors (Lipinski definition) is 3. The average Bonchev–Trinajstić information content (AvgIpc) is 2.66. The fraction of sp³-hybridized carbons (Fsp3) is 0.500. The van der Waals surface area contributed by atoms with Gasteiger partial charge in [0.1, 0.15) is 0 Å². The van der Waals surface area contributed by atoms with Crippen molar-refractivity contribution in [1.82, 2.24) is 26.0 Å². The van der Waals surface area contributed by atoms with Crippen LogP contribution in [0.25, 0.3) is 0 Å². The summed E-state index contributed by atoms with van der Waals surface area (Å²) in [6.07, 6.45) is 0.918. The largest absolute Gasteiger partial charge is 0.355 e. The van der Waals surface area contributed by atoms with E-state index in [1.54, 1.807) is 24.3 Å². The SMILES string of the molecule is CCCNC(=O)CN1CCN(CC(=O)NNC(=O)c2ccccc2Cl)CC1. The van der Waals surface area contributed by atoms with Gasteiger partial charge in [-0.25, -0.2) is 0 Å². The highest BCUT2D eigenvalue weighted by Gasteiger charge is 2.20. The summed E-state index contributed by atoms with van der Waals surface area (Å²) in [5, 5.41) is 3.18. The summed E-state index contributed by atoms with van der Waals surface area (Å²) in [4.78, 5) is 39.8. The summed E-state index contributed by atoms with van der Waals surface area (Å²) in [5.41, 5.74) is 5.08. The van der Waals surface area contributed by atoms with Gasteiger partial charge in [-0.1, -0.05) is 30.7 Å². The normalized spacial score (nSPS) is 15.2. The van der Waals surface area contributed by atoms with Gasteiger partial charge in [0.05, 0.1) is 23.7 Å². The molecule has 148 valence electrons. The Kier molecular flexibility index (Phi) is 8.50. The van der Waals surface area contributed by atoms with E-state index in [4.69, 9.17) is 11.6 Å². The van der Waals surface area contributed by atoms with Crippen molar-refractivity contribution >= 4 is 29.3 Å². The molecule has 1 heterocycles. The van der Waals surface area contributed by atoms with Crippen molar-refractivity contribution in [1.29, 1.82) is 0 Å². The van der Waals surface area contributed by atoms with Crippen LogP contribution < -0.4 is 16.2 Å². The number of carbonyl (C=O) groups excluding carboxylic acids is 3. The van der Waals surface area contributed by atoms with E-state index in [1.165, 1.54) is 0 Å². The van der Waals surface area contributed by atoms with Gasteiger partial charge in [-0.15, -0.1) is 0 Å². The molecule has 3 N–H and O–H groups in total. The summed E-state index contributed by atoms with van der Waals surface area (Å²) >= 11 is 5.95. The maximum atomic E-state index is 12.0. The fourth-order valence-corrected chi connectivity index (χ4v) is 2.93. The first kappa shape index (κ1) is 21.1. The molecule has 1 aromatic rings. The molecule has 0 aromatic heterocycles. The highest BCUT2D eigenvalue weighted by molar-refractivity contribution is 6.33. The quantitative estimate of drug-likeness (QED) is 0.575. The van der Waals surface area contributed by atoms with Crippen LogP contribution in [0.2, 0.25) is 5.02 Å². The third kappa shape index (κ3) is 7.16. The van der Waals surface area contributed by atoms with E-state index in [9.17, 15) is 14.4 Å². The van der Waals surface area contributed by atoms with Gasteiger partial charge in [0, 0.05) is 32.7 Å². The molecule has 1 aliphatic heterocycles. The molecule has 0 saturated carbocycles. The predicted octanol–water partition coefficient (Wildman–Crippen LogP) is 0.245. The van der Waals surface area contributed by atoms with E-state index in [-0.39, 0.29) is 18.4 Å². The first-order valence-corrected chi connectivity index (χ1v) is 9.42. The maximum absolute atomic E-state index is 12.0. The van der Waals surface area contributed by atoms with E-state index in [2.05, 4.69) is 21.1 Å². The average molecular weight is 396 g/mol. The van der Waals surface area contributed by atoms with Crippen LogP contribution in [-0.4, -0.2) is 73.3 Å². The van der Waals surface area contributed by atoms with Gasteiger partial charge in [0.2, 0.25) is 5.91 Å².